The summed E-state index contributed by atoms with van der Waals surface area (Å²) in [6, 6.07) is 9.29. The molecular formula is C20H25N3O3. The second-order valence-electron chi connectivity index (χ2n) is 6.42. The molecule has 26 heavy (non-hydrogen) atoms. The average Bonchev–Trinajstić information content (AvgIpc) is 2.72. The van der Waals surface area contributed by atoms with Crippen LogP contribution in [0.1, 0.15) is 23.2 Å². The molecule has 6 heteroatoms. The quantitative estimate of drug-likeness (QED) is 0.863. The molecule has 0 spiro atoms. The highest BCUT2D eigenvalue weighted by Gasteiger charge is 2.20. The lowest BCUT2D eigenvalue weighted by atomic mass is 9.96. The molecule has 1 N–H and O–H groups in total. The highest BCUT2D eigenvalue weighted by molar-refractivity contribution is 5.94. The topological polar surface area (TPSA) is 63.7 Å². The molecule has 0 saturated carbocycles. The van der Waals surface area contributed by atoms with Crippen LogP contribution in [0.25, 0.3) is 0 Å². The number of amides is 1. The maximum absolute atomic E-state index is 12.4. The monoisotopic (exact) mass is 355 g/mol. The highest BCUT2D eigenvalue weighted by Crippen LogP contribution is 2.27. The van der Waals surface area contributed by atoms with E-state index < -0.39 is 0 Å². The number of ether oxygens (including phenoxy) is 2. The third-order valence-electron chi connectivity index (χ3n) is 4.84. The van der Waals surface area contributed by atoms with Gasteiger partial charge in [-0.25, -0.2) is 0 Å². The molecule has 1 aliphatic heterocycles. The van der Waals surface area contributed by atoms with Crippen LogP contribution in [0.15, 0.2) is 42.7 Å². The molecule has 138 valence electrons. The number of hydrogen-bond donors (Lipinski definition) is 1. The molecule has 6 nitrogen and oxygen atoms in total. The van der Waals surface area contributed by atoms with Crippen molar-refractivity contribution in [3.05, 3.63) is 48.3 Å². The summed E-state index contributed by atoms with van der Waals surface area (Å²) in [6.45, 7) is 2.69. The van der Waals surface area contributed by atoms with Crippen LogP contribution in [0.5, 0.6) is 11.5 Å². The summed E-state index contributed by atoms with van der Waals surface area (Å²) in [6.07, 6.45) is 5.78. The Balaban J connectivity index is 1.50. The first-order chi connectivity index (χ1) is 12.7. The molecule has 0 aliphatic carbocycles. The first-order valence-corrected chi connectivity index (χ1v) is 8.86. The molecule has 0 radical (unpaired) electrons. The summed E-state index contributed by atoms with van der Waals surface area (Å²) in [5.41, 5.74) is 1.80. The molecule has 1 aromatic carbocycles. The average molecular weight is 355 g/mol. The van der Waals surface area contributed by atoms with Crippen molar-refractivity contribution in [3.8, 4) is 11.5 Å². The number of piperidine rings is 1. The van der Waals surface area contributed by atoms with Crippen LogP contribution < -0.4 is 19.7 Å². The molecule has 2 aromatic rings. The van der Waals surface area contributed by atoms with Gasteiger partial charge in [0, 0.05) is 43.3 Å². The summed E-state index contributed by atoms with van der Waals surface area (Å²) in [5, 5.41) is 3.05. The van der Waals surface area contributed by atoms with Crippen molar-refractivity contribution in [3.63, 3.8) is 0 Å². The zero-order valence-corrected chi connectivity index (χ0v) is 15.3. The number of anilines is 1. The van der Waals surface area contributed by atoms with Crippen molar-refractivity contribution in [1.82, 2.24) is 10.3 Å². The molecule has 1 saturated heterocycles. The number of nitrogens with one attached hydrogen (secondary N) is 1. The van der Waals surface area contributed by atoms with Crippen LogP contribution >= 0.6 is 0 Å². The number of benzene rings is 1. The first-order valence-electron chi connectivity index (χ1n) is 8.86. The van der Waals surface area contributed by atoms with Gasteiger partial charge in [0.2, 0.25) is 0 Å². The van der Waals surface area contributed by atoms with Gasteiger partial charge in [-0.2, -0.15) is 0 Å². The molecule has 1 amide bonds. The molecule has 0 bridgehead atoms. The molecule has 1 aliphatic rings. The number of methoxy groups -OCH3 is 2. The van der Waals surface area contributed by atoms with Gasteiger partial charge in [-0.05, 0) is 49.1 Å². The molecular weight excluding hydrogens is 330 g/mol. The first kappa shape index (κ1) is 18.0. The van der Waals surface area contributed by atoms with Gasteiger partial charge < -0.3 is 19.7 Å². The van der Waals surface area contributed by atoms with Gasteiger partial charge in [-0.1, -0.05) is 0 Å². The van der Waals surface area contributed by atoms with E-state index in [1.54, 1.807) is 32.4 Å². The fraction of sp³-hybridized carbons (Fsp3) is 0.400. The van der Waals surface area contributed by atoms with E-state index in [-0.39, 0.29) is 5.91 Å². The van der Waals surface area contributed by atoms with Gasteiger partial charge in [-0.15, -0.1) is 0 Å². The predicted octanol–water partition coefficient (Wildman–Crippen LogP) is 2.75. The summed E-state index contributed by atoms with van der Waals surface area (Å²) in [5.74, 6) is 1.60. The van der Waals surface area contributed by atoms with Crippen LogP contribution in [0.3, 0.4) is 0 Å². The van der Waals surface area contributed by atoms with Gasteiger partial charge in [0.15, 0.2) is 11.5 Å². The van der Waals surface area contributed by atoms with Crippen LogP contribution in [0.2, 0.25) is 0 Å². The Morgan fingerprint density at radius 1 is 1.12 bits per heavy atom. The molecule has 3 rings (SSSR count). The summed E-state index contributed by atoms with van der Waals surface area (Å²) in [7, 11) is 3.14. The van der Waals surface area contributed by atoms with E-state index in [2.05, 4.69) is 15.2 Å². The molecule has 0 unspecified atom stereocenters. The van der Waals surface area contributed by atoms with Gasteiger partial charge >= 0.3 is 0 Å². The second-order valence-corrected chi connectivity index (χ2v) is 6.42. The Morgan fingerprint density at radius 2 is 1.81 bits per heavy atom. The second kappa shape index (κ2) is 8.56. The SMILES string of the molecule is COc1ccc(C(=O)NCC2CCN(c3ccncc3)CC2)cc1OC. The highest BCUT2D eigenvalue weighted by atomic mass is 16.5. The molecule has 1 aromatic heterocycles. The maximum Gasteiger partial charge on any atom is 0.251 e. The number of aromatic nitrogens is 1. The Hall–Kier alpha value is -2.76. The maximum atomic E-state index is 12.4. The fourth-order valence-electron chi connectivity index (χ4n) is 3.27. The van der Waals surface area contributed by atoms with E-state index in [0.717, 1.165) is 25.9 Å². The van der Waals surface area contributed by atoms with Crippen molar-refractivity contribution in [2.24, 2.45) is 5.92 Å². The molecule has 0 atom stereocenters. The van der Waals surface area contributed by atoms with Gasteiger partial charge in [0.05, 0.1) is 14.2 Å². The largest absolute Gasteiger partial charge is 0.493 e. The lowest BCUT2D eigenvalue weighted by Crippen LogP contribution is -2.38. The number of rotatable bonds is 6. The van der Waals surface area contributed by atoms with Crippen molar-refractivity contribution in [1.29, 1.82) is 0 Å². The van der Waals surface area contributed by atoms with Gasteiger partial charge in [-0.3, -0.25) is 9.78 Å². The lowest BCUT2D eigenvalue weighted by Gasteiger charge is -2.33. The summed E-state index contributed by atoms with van der Waals surface area (Å²) < 4.78 is 10.5. The smallest absolute Gasteiger partial charge is 0.251 e. The van der Waals surface area contributed by atoms with Crippen LogP contribution in [-0.4, -0.2) is 44.7 Å². The minimum Gasteiger partial charge on any atom is -0.493 e. The minimum atomic E-state index is -0.0810. The number of hydrogen-bond acceptors (Lipinski definition) is 5. The van der Waals surface area contributed by atoms with E-state index in [1.807, 2.05) is 24.5 Å². The summed E-state index contributed by atoms with van der Waals surface area (Å²) in [4.78, 5) is 18.9. The van der Waals surface area contributed by atoms with Gasteiger partial charge in [0.25, 0.3) is 5.91 Å². The van der Waals surface area contributed by atoms with Crippen molar-refractivity contribution in [2.45, 2.75) is 12.8 Å². The standard InChI is InChI=1S/C20H25N3O3/c1-25-18-4-3-16(13-19(18)26-2)20(24)22-14-15-7-11-23(12-8-15)17-5-9-21-10-6-17/h3-6,9-10,13,15H,7-8,11-12,14H2,1-2H3,(H,22,24). The zero-order valence-electron chi connectivity index (χ0n) is 15.3. The predicted molar refractivity (Wildman–Crippen MR) is 101 cm³/mol. The zero-order chi connectivity index (χ0) is 18.4. The number of carbonyl (C=O) groups is 1. The van der Waals surface area contributed by atoms with Crippen molar-refractivity contribution >= 4 is 11.6 Å². The van der Waals surface area contributed by atoms with E-state index in [0.29, 0.717) is 29.5 Å². The Bertz CT molecular complexity index is 728. The Labute approximate surface area is 154 Å². The Morgan fingerprint density at radius 3 is 2.46 bits per heavy atom. The van der Waals surface area contributed by atoms with Gasteiger partial charge in [0.1, 0.15) is 0 Å². The van der Waals surface area contributed by atoms with E-state index in [9.17, 15) is 4.79 Å². The fourth-order valence-corrected chi connectivity index (χ4v) is 3.27. The van der Waals surface area contributed by atoms with Crippen molar-refractivity contribution in [2.75, 3.05) is 38.8 Å². The van der Waals surface area contributed by atoms with E-state index in [4.69, 9.17) is 9.47 Å². The Kier molecular flexibility index (Phi) is 5.94. The molecule has 2 heterocycles. The lowest BCUT2D eigenvalue weighted by molar-refractivity contribution is 0.0944. The van der Waals surface area contributed by atoms with E-state index >= 15 is 0 Å². The van der Waals surface area contributed by atoms with Crippen LogP contribution in [0.4, 0.5) is 5.69 Å². The minimum absolute atomic E-state index is 0.0810. The van der Waals surface area contributed by atoms with Crippen LogP contribution in [-0.2, 0) is 0 Å². The van der Waals surface area contributed by atoms with Crippen molar-refractivity contribution < 1.29 is 14.3 Å². The molecule has 1 fully saturated rings. The number of nitrogens with zero attached hydrogens (tertiary/aromatic N) is 2. The van der Waals surface area contributed by atoms with E-state index in [1.165, 1.54) is 5.69 Å². The third-order valence-corrected chi connectivity index (χ3v) is 4.84. The summed E-state index contributed by atoms with van der Waals surface area (Å²) >= 11 is 0. The normalized spacial score (nSPS) is 14.8. The third kappa shape index (κ3) is 4.25. The number of pyridine rings is 1. The number of carbonyl (C=O) groups excluding carboxylic acids is 1. The van der Waals surface area contributed by atoms with Crippen LogP contribution in [0, 0.1) is 5.92 Å².